The SMILES string of the molecule is CCNC1=C(n2ccccc2=O)c2c(ccc(C(F)(F)C(F)(F)F)c2C)OC1(C)C. The quantitative estimate of drug-likeness (QED) is 0.711. The van der Waals surface area contributed by atoms with Crippen LogP contribution in [0.25, 0.3) is 5.70 Å². The zero-order valence-electron chi connectivity index (χ0n) is 16.8. The second kappa shape index (κ2) is 7.14. The lowest BCUT2D eigenvalue weighted by Crippen LogP contribution is -2.43. The van der Waals surface area contributed by atoms with Crippen LogP contribution in [0.15, 0.2) is 47.0 Å². The van der Waals surface area contributed by atoms with Crippen molar-refractivity contribution in [1.82, 2.24) is 9.88 Å². The molecular formula is C21H21F5N2O2. The third-order valence-electron chi connectivity index (χ3n) is 4.98. The number of benzene rings is 1. The first-order valence-electron chi connectivity index (χ1n) is 9.27. The normalized spacial score (nSPS) is 16.2. The number of ether oxygens (including phenoxy) is 1. The van der Waals surface area contributed by atoms with Crippen LogP contribution in [0.4, 0.5) is 22.0 Å². The minimum atomic E-state index is -5.77. The van der Waals surface area contributed by atoms with Crippen molar-refractivity contribution >= 4 is 5.70 Å². The fourth-order valence-corrected chi connectivity index (χ4v) is 3.62. The lowest BCUT2D eigenvalue weighted by atomic mass is 9.88. The second-order valence-corrected chi connectivity index (χ2v) is 7.46. The Balaban J connectivity index is 2.43. The maximum Gasteiger partial charge on any atom is 0.458 e. The Kier molecular flexibility index (Phi) is 5.20. The molecule has 2 aromatic rings. The summed E-state index contributed by atoms with van der Waals surface area (Å²) < 4.78 is 74.9. The van der Waals surface area contributed by atoms with E-state index in [1.807, 2.05) is 0 Å². The van der Waals surface area contributed by atoms with Crippen LogP contribution in [0.2, 0.25) is 0 Å². The van der Waals surface area contributed by atoms with Crippen molar-refractivity contribution in [3.05, 3.63) is 69.3 Å². The minimum Gasteiger partial charge on any atom is -0.481 e. The Morgan fingerprint density at radius 1 is 1.10 bits per heavy atom. The molecule has 0 fully saturated rings. The number of hydrogen-bond acceptors (Lipinski definition) is 3. The van der Waals surface area contributed by atoms with Gasteiger partial charge in [-0.3, -0.25) is 9.36 Å². The van der Waals surface area contributed by atoms with E-state index < -0.39 is 28.8 Å². The summed E-state index contributed by atoms with van der Waals surface area (Å²) in [5, 5.41) is 3.09. The Hall–Kier alpha value is -2.84. The number of nitrogens with zero attached hydrogens (tertiary/aromatic N) is 1. The van der Waals surface area contributed by atoms with Gasteiger partial charge in [0, 0.05) is 29.9 Å². The standard InChI is InChI=1S/C21H21F5N2O2/c1-5-27-18-17(28-11-7-6-8-15(28)29)16-12(2)13(20(22,23)21(24,25)26)9-10-14(16)30-19(18,3)4/h6-11,27H,5H2,1-4H3. The molecule has 9 heteroatoms. The van der Waals surface area contributed by atoms with Crippen molar-refractivity contribution in [3.63, 3.8) is 0 Å². The molecule has 2 heterocycles. The first-order valence-corrected chi connectivity index (χ1v) is 9.27. The van der Waals surface area contributed by atoms with Gasteiger partial charge in [0.25, 0.3) is 5.56 Å². The number of rotatable bonds is 4. The molecule has 3 rings (SSSR count). The Morgan fingerprint density at radius 2 is 1.77 bits per heavy atom. The molecule has 0 saturated carbocycles. The van der Waals surface area contributed by atoms with Crippen molar-refractivity contribution < 1.29 is 26.7 Å². The van der Waals surface area contributed by atoms with Gasteiger partial charge < -0.3 is 10.1 Å². The van der Waals surface area contributed by atoms with Crippen LogP contribution in [0.1, 0.15) is 37.5 Å². The number of likely N-dealkylation sites (N-methyl/N-ethyl adjacent to an activating group) is 1. The summed E-state index contributed by atoms with van der Waals surface area (Å²) in [6.07, 6.45) is -4.33. The Bertz CT molecular complexity index is 1070. The van der Waals surface area contributed by atoms with Crippen LogP contribution in [0.3, 0.4) is 0 Å². The van der Waals surface area contributed by atoms with Gasteiger partial charge in [0.1, 0.15) is 11.4 Å². The van der Waals surface area contributed by atoms with Gasteiger partial charge in [0.15, 0.2) is 0 Å². The molecule has 0 spiro atoms. The molecule has 4 nitrogen and oxygen atoms in total. The number of fused-ring (bicyclic) bond motifs is 1. The summed E-state index contributed by atoms with van der Waals surface area (Å²) in [6.45, 7) is 6.82. The number of halogens is 5. The van der Waals surface area contributed by atoms with Crippen LogP contribution >= 0.6 is 0 Å². The van der Waals surface area contributed by atoms with E-state index in [0.29, 0.717) is 12.2 Å². The van der Waals surface area contributed by atoms with E-state index in [9.17, 15) is 26.7 Å². The first-order chi connectivity index (χ1) is 13.8. The van der Waals surface area contributed by atoms with Gasteiger partial charge in [-0.15, -0.1) is 0 Å². The van der Waals surface area contributed by atoms with E-state index in [4.69, 9.17) is 4.74 Å². The summed E-state index contributed by atoms with van der Waals surface area (Å²) in [4.78, 5) is 12.6. The average molecular weight is 428 g/mol. The van der Waals surface area contributed by atoms with Gasteiger partial charge >= 0.3 is 12.1 Å². The first kappa shape index (κ1) is 21.9. The van der Waals surface area contributed by atoms with Gasteiger partial charge in [0.2, 0.25) is 0 Å². The summed E-state index contributed by atoms with van der Waals surface area (Å²) in [5.74, 6) is -4.95. The lowest BCUT2D eigenvalue weighted by Gasteiger charge is -2.39. The number of hydrogen-bond donors (Lipinski definition) is 1. The fourth-order valence-electron chi connectivity index (χ4n) is 3.62. The monoisotopic (exact) mass is 428 g/mol. The van der Waals surface area contributed by atoms with E-state index in [2.05, 4.69) is 5.32 Å². The molecule has 1 aliphatic rings. The highest BCUT2D eigenvalue weighted by Gasteiger charge is 2.59. The van der Waals surface area contributed by atoms with Crippen LogP contribution in [0.5, 0.6) is 5.75 Å². The molecule has 1 aromatic carbocycles. The number of nitrogens with one attached hydrogen (secondary N) is 1. The molecule has 0 bridgehead atoms. The zero-order valence-corrected chi connectivity index (χ0v) is 16.8. The number of alkyl halides is 5. The molecule has 0 saturated heterocycles. The third-order valence-corrected chi connectivity index (χ3v) is 4.98. The molecule has 162 valence electrons. The molecule has 0 atom stereocenters. The molecule has 0 radical (unpaired) electrons. The van der Waals surface area contributed by atoms with E-state index in [1.54, 1.807) is 26.8 Å². The predicted molar refractivity (Wildman–Crippen MR) is 103 cm³/mol. The molecular weight excluding hydrogens is 407 g/mol. The van der Waals surface area contributed by atoms with E-state index >= 15 is 0 Å². The highest BCUT2D eigenvalue weighted by atomic mass is 19.4. The molecule has 0 unspecified atom stereocenters. The average Bonchev–Trinajstić information content (AvgIpc) is 2.62. The molecule has 0 aliphatic carbocycles. The molecule has 30 heavy (non-hydrogen) atoms. The van der Waals surface area contributed by atoms with Gasteiger partial charge in [-0.25, -0.2) is 0 Å². The van der Waals surface area contributed by atoms with Crippen molar-refractivity contribution in [2.75, 3.05) is 6.54 Å². The fraction of sp³-hybridized carbons (Fsp3) is 0.381. The number of aromatic nitrogens is 1. The number of pyridine rings is 1. The molecule has 0 amide bonds. The molecule has 1 aromatic heterocycles. The van der Waals surface area contributed by atoms with Crippen LogP contribution in [-0.4, -0.2) is 22.9 Å². The largest absolute Gasteiger partial charge is 0.481 e. The Morgan fingerprint density at radius 3 is 2.33 bits per heavy atom. The van der Waals surface area contributed by atoms with Crippen molar-refractivity contribution in [3.8, 4) is 5.75 Å². The van der Waals surface area contributed by atoms with Gasteiger partial charge in [-0.05, 0) is 51.5 Å². The maximum atomic E-state index is 14.2. The lowest BCUT2D eigenvalue weighted by molar-refractivity contribution is -0.289. The van der Waals surface area contributed by atoms with Crippen LogP contribution in [0, 0.1) is 6.92 Å². The highest BCUT2D eigenvalue weighted by molar-refractivity contribution is 5.79. The van der Waals surface area contributed by atoms with Crippen LogP contribution < -0.4 is 15.6 Å². The van der Waals surface area contributed by atoms with Crippen molar-refractivity contribution in [1.29, 1.82) is 0 Å². The van der Waals surface area contributed by atoms with Crippen molar-refractivity contribution in [2.24, 2.45) is 0 Å². The Labute approximate surface area is 170 Å². The second-order valence-electron chi connectivity index (χ2n) is 7.46. The van der Waals surface area contributed by atoms with E-state index in [1.165, 1.54) is 29.8 Å². The predicted octanol–water partition coefficient (Wildman–Crippen LogP) is 4.81. The summed E-state index contributed by atoms with van der Waals surface area (Å²) in [5.41, 5.74) is -2.35. The maximum absolute atomic E-state index is 14.2. The third kappa shape index (κ3) is 3.36. The molecule has 1 N–H and O–H groups in total. The minimum absolute atomic E-state index is 0.0139. The van der Waals surface area contributed by atoms with Gasteiger partial charge in [-0.2, -0.15) is 22.0 Å². The summed E-state index contributed by atoms with van der Waals surface area (Å²) in [7, 11) is 0. The van der Waals surface area contributed by atoms with E-state index in [0.717, 1.165) is 12.1 Å². The zero-order chi connectivity index (χ0) is 22.5. The topological polar surface area (TPSA) is 43.3 Å². The van der Waals surface area contributed by atoms with Gasteiger partial charge in [-0.1, -0.05) is 6.07 Å². The summed E-state index contributed by atoms with van der Waals surface area (Å²) >= 11 is 0. The van der Waals surface area contributed by atoms with E-state index in [-0.39, 0.29) is 22.6 Å². The van der Waals surface area contributed by atoms with Crippen LogP contribution in [-0.2, 0) is 5.92 Å². The van der Waals surface area contributed by atoms with Crippen molar-refractivity contribution in [2.45, 2.75) is 45.4 Å². The molecule has 1 aliphatic heterocycles. The smallest absolute Gasteiger partial charge is 0.458 e. The highest BCUT2D eigenvalue weighted by Crippen LogP contribution is 2.49. The van der Waals surface area contributed by atoms with Gasteiger partial charge in [0.05, 0.1) is 11.4 Å². The summed E-state index contributed by atoms with van der Waals surface area (Å²) in [6, 6.07) is 6.18.